The molecule has 0 N–H and O–H groups in total. The standard InChI is InChI=1S/C63H50N5O.Pt/c1-41-35-42(2)59(43(3)36-41)66-40-65(60(44-19-10-7-11-20-44)61(66)45-21-12-8-13-22-45)48-25-18-26-49(38-48)69-50-29-30-51-52-31-32-55-58(53-27-16-17-28-54(53)67(55)47-23-14-9-15-24-47)62(52)68(56(51)39-50)57-37-46(33-34-64-57)63(4,5)6;/h7-37,40H,1-6H3;/q-3;. The Bertz CT molecular complexity index is 3790. The maximum atomic E-state index is 6.87. The van der Waals surface area contributed by atoms with Crippen LogP contribution in [-0.2, 0) is 26.5 Å². The molecule has 7 heteroatoms. The molecule has 0 unspecified atom stereocenters. The van der Waals surface area contributed by atoms with E-state index in [-0.39, 0.29) is 26.5 Å². The second-order valence-corrected chi connectivity index (χ2v) is 19.2. The topological polar surface area (TPSA) is 38.5 Å². The summed E-state index contributed by atoms with van der Waals surface area (Å²) < 4.78 is 11.5. The number of hydrogen-bond acceptors (Lipinski definition) is 4. The van der Waals surface area contributed by atoms with E-state index in [1.54, 1.807) is 0 Å². The largest absolute Gasteiger partial charge is 0.509 e. The van der Waals surface area contributed by atoms with E-state index in [2.05, 4.69) is 243 Å². The maximum absolute atomic E-state index is 6.87. The fraction of sp³-hybridized carbons (Fsp3) is 0.111. The van der Waals surface area contributed by atoms with Crippen LogP contribution in [0.3, 0.4) is 0 Å². The molecule has 4 heterocycles. The molecule has 0 fully saturated rings. The summed E-state index contributed by atoms with van der Waals surface area (Å²) in [5.74, 6) is 1.99. The Balaban J connectivity index is 0.00000533. The Morgan fingerprint density at radius 3 is 1.87 bits per heavy atom. The molecule has 0 bridgehead atoms. The molecule has 0 atom stereocenters. The molecule has 8 aromatic carbocycles. The van der Waals surface area contributed by atoms with Gasteiger partial charge < -0.3 is 23.7 Å². The van der Waals surface area contributed by atoms with Crippen LogP contribution in [0.2, 0.25) is 0 Å². The molecule has 1 aliphatic rings. The molecule has 0 spiro atoms. The zero-order valence-electron chi connectivity index (χ0n) is 39.9. The Labute approximate surface area is 424 Å². The van der Waals surface area contributed by atoms with Crippen LogP contribution in [-0.4, -0.2) is 14.1 Å². The van der Waals surface area contributed by atoms with Crippen molar-refractivity contribution in [1.82, 2.24) is 14.1 Å². The number of hydrogen-bond donors (Lipinski definition) is 0. The summed E-state index contributed by atoms with van der Waals surface area (Å²) in [6.07, 6.45) is 1.93. The third-order valence-electron chi connectivity index (χ3n) is 13.4. The molecule has 346 valence electrons. The van der Waals surface area contributed by atoms with Gasteiger partial charge in [-0.25, -0.2) is 4.98 Å². The summed E-state index contributed by atoms with van der Waals surface area (Å²) in [6, 6.07) is 71.8. The minimum absolute atomic E-state index is 0. The van der Waals surface area contributed by atoms with E-state index >= 15 is 0 Å². The van der Waals surface area contributed by atoms with Gasteiger partial charge in [0.05, 0.1) is 16.6 Å². The van der Waals surface area contributed by atoms with Gasteiger partial charge in [0.25, 0.3) is 0 Å². The number of pyridine rings is 1. The van der Waals surface area contributed by atoms with Crippen LogP contribution in [0.4, 0.5) is 11.4 Å². The normalized spacial score (nSPS) is 13.0. The smallest absolute Gasteiger partial charge is 0.135 e. The summed E-state index contributed by atoms with van der Waals surface area (Å²) in [7, 11) is 0. The van der Waals surface area contributed by atoms with Crippen molar-refractivity contribution in [1.29, 1.82) is 0 Å². The van der Waals surface area contributed by atoms with Crippen LogP contribution >= 0.6 is 0 Å². The van der Waals surface area contributed by atoms with Crippen molar-refractivity contribution in [3.8, 4) is 23.0 Å². The number of para-hydroxylation sites is 2. The summed E-state index contributed by atoms with van der Waals surface area (Å²) in [5.41, 5.74) is 16.5. The summed E-state index contributed by atoms with van der Waals surface area (Å²) >= 11 is 0. The van der Waals surface area contributed by atoms with Crippen LogP contribution in [0, 0.1) is 39.6 Å². The Morgan fingerprint density at radius 2 is 1.17 bits per heavy atom. The molecule has 0 aliphatic carbocycles. The molecule has 1 aliphatic heterocycles. The van der Waals surface area contributed by atoms with E-state index < -0.39 is 0 Å². The number of aromatic nitrogens is 3. The van der Waals surface area contributed by atoms with Crippen LogP contribution < -0.4 is 14.5 Å². The molecule has 0 saturated carbocycles. The molecule has 12 rings (SSSR count). The fourth-order valence-electron chi connectivity index (χ4n) is 10.5. The zero-order chi connectivity index (χ0) is 47.0. The van der Waals surface area contributed by atoms with Gasteiger partial charge in [0.15, 0.2) is 0 Å². The fourth-order valence-corrected chi connectivity index (χ4v) is 10.5. The van der Waals surface area contributed by atoms with Gasteiger partial charge in [-0.2, -0.15) is 12.1 Å². The van der Waals surface area contributed by atoms with Crippen LogP contribution in [0.15, 0.2) is 188 Å². The molecule has 3 aromatic heterocycles. The number of ether oxygens (including phenoxy) is 1. The summed E-state index contributed by atoms with van der Waals surface area (Å²) in [4.78, 5) is 9.69. The van der Waals surface area contributed by atoms with Crippen molar-refractivity contribution in [3.63, 3.8) is 0 Å². The number of fused-ring (bicyclic) bond motifs is 7. The van der Waals surface area contributed by atoms with E-state index in [0.717, 1.165) is 83.6 Å². The third-order valence-corrected chi connectivity index (χ3v) is 13.4. The number of aryl methyl sites for hydroxylation is 3. The van der Waals surface area contributed by atoms with E-state index in [9.17, 15) is 0 Å². The van der Waals surface area contributed by atoms with Crippen molar-refractivity contribution in [2.45, 2.75) is 47.0 Å². The number of rotatable bonds is 8. The van der Waals surface area contributed by atoms with Crippen LogP contribution in [0.25, 0.3) is 66.5 Å². The minimum atomic E-state index is -0.0903. The van der Waals surface area contributed by atoms with Gasteiger partial charge in [-0.05, 0) is 95.8 Å². The van der Waals surface area contributed by atoms with Gasteiger partial charge in [0.2, 0.25) is 0 Å². The van der Waals surface area contributed by atoms with Crippen molar-refractivity contribution in [2.24, 2.45) is 0 Å². The molecular formula is C63H50N5OPt-3. The Morgan fingerprint density at radius 1 is 0.543 bits per heavy atom. The first kappa shape index (κ1) is 44.8. The predicted octanol–water partition coefficient (Wildman–Crippen LogP) is 15.9. The van der Waals surface area contributed by atoms with Gasteiger partial charge >= 0.3 is 0 Å². The SMILES string of the molecule is Cc1cc(C)c(N2[CH-]N(c3[c-]c(Oc4[c-]c5c(cc4)c4ccc6c(c7ccccc7n6-c6ccccc6)c4n5-c4cc(C(C)(C)C)ccn4)ccc3)C(c3ccccc3)=C2c2ccccc2)c(C)c1.[Pt]. The first-order valence-electron chi connectivity index (χ1n) is 23.6. The van der Waals surface area contributed by atoms with Gasteiger partial charge in [-0.3, -0.25) is 0 Å². The molecular weight excluding hydrogens is 1040 g/mol. The zero-order valence-corrected chi connectivity index (χ0v) is 42.2. The summed E-state index contributed by atoms with van der Waals surface area (Å²) in [5, 5.41) is 4.52. The van der Waals surface area contributed by atoms with Crippen molar-refractivity contribution in [3.05, 3.63) is 240 Å². The number of anilines is 2. The van der Waals surface area contributed by atoms with E-state index in [4.69, 9.17) is 9.72 Å². The predicted molar refractivity (Wildman–Crippen MR) is 285 cm³/mol. The van der Waals surface area contributed by atoms with Crippen molar-refractivity contribution >= 4 is 66.4 Å². The third kappa shape index (κ3) is 7.59. The first-order valence-corrected chi connectivity index (χ1v) is 23.6. The average molecular weight is 1090 g/mol. The number of benzene rings is 8. The van der Waals surface area contributed by atoms with E-state index in [1.807, 2.05) is 24.4 Å². The Kier molecular flexibility index (Phi) is 11.3. The average Bonchev–Trinajstić information content (AvgIpc) is 4.02. The van der Waals surface area contributed by atoms with Gasteiger partial charge in [0, 0.05) is 72.3 Å². The first-order chi connectivity index (χ1) is 33.6. The van der Waals surface area contributed by atoms with E-state index in [1.165, 1.54) is 27.6 Å². The second-order valence-electron chi connectivity index (χ2n) is 19.2. The Hall–Kier alpha value is -7.66. The minimum Gasteiger partial charge on any atom is -0.509 e. The molecule has 6 nitrogen and oxygen atoms in total. The monoisotopic (exact) mass is 1090 g/mol. The number of nitrogens with zero attached hydrogens (tertiary/aromatic N) is 5. The van der Waals surface area contributed by atoms with Gasteiger partial charge in [-0.15, -0.1) is 48.1 Å². The van der Waals surface area contributed by atoms with Crippen molar-refractivity contribution < 1.29 is 25.8 Å². The molecule has 11 aromatic rings. The van der Waals surface area contributed by atoms with Crippen LogP contribution in [0.5, 0.6) is 11.5 Å². The molecule has 0 saturated heterocycles. The van der Waals surface area contributed by atoms with Gasteiger partial charge in [0.1, 0.15) is 5.82 Å². The maximum Gasteiger partial charge on any atom is 0.135 e. The second kappa shape index (κ2) is 17.7. The molecule has 0 radical (unpaired) electrons. The van der Waals surface area contributed by atoms with Crippen molar-refractivity contribution in [2.75, 3.05) is 9.80 Å². The quantitative estimate of drug-likeness (QED) is 0.142. The van der Waals surface area contributed by atoms with Gasteiger partial charge in [-0.1, -0.05) is 147 Å². The van der Waals surface area contributed by atoms with E-state index in [0.29, 0.717) is 11.5 Å². The summed E-state index contributed by atoms with van der Waals surface area (Å²) in [6.45, 7) is 15.5. The molecule has 0 amide bonds. The molecule has 70 heavy (non-hydrogen) atoms. The van der Waals surface area contributed by atoms with Crippen LogP contribution in [0.1, 0.15) is 54.2 Å².